The number of nitro benzene ring substituents is 1. The van der Waals surface area contributed by atoms with Crippen LogP contribution in [-0.2, 0) is 9.53 Å². The molecule has 20 heavy (non-hydrogen) atoms. The van der Waals surface area contributed by atoms with Crippen molar-refractivity contribution in [2.45, 2.75) is 19.8 Å². The van der Waals surface area contributed by atoms with Crippen LogP contribution in [0.15, 0.2) is 18.2 Å². The van der Waals surface area contributed by atoms with Crippen LogP contribution in [0.3, 0.4) is 0 Å². The lowest BCUT2D eigenvalue weighted by Gasteiger charge is -2.09. The predicted molar refractivity (Wildman–Crippen MR) is 69.8 cm³/mol. The Morgan fingerprint density at radius 1 is 1.35 bits per heavy atom. The van der Waals surface area contributed by atoms with Crippen LogP contribution < -0.4 is 4.74 Å². The van der Waals surface area contributed by atoms with Crippen molar-refractivity contribution in [3.05, 3.63) is 33.9 Å². The number of hydrogen-bond acceptors (Lipinski definition) is 6. The topological polar surface area (TPSA) is 95.7 Å². The summed E-state index contributed by atoms with van der Waals surface area (Å²) in [6.07, 6.45) is 0.639. The lowest BCUT2D eigenvalue weighted by atomic mass is 10.1. The van der Waals surface area contributed by atoms with Gasteiger partial charge in [0.05, 0.1) is 24.2 Å². The molecule has 1 rings (SSSR count). The van der Waals surface area contributed by atoms with Crippen LogP contribution in [-0.4, -0.2) is 30.4 Å². The fourth-order valence-electron chi connectivity index (χ4n) is 1.53. The van der Waals surface area contributed by atoms with E-state index in [4.69, 9.17) is 4.74 Å². The van der Waals surface area contributed by atoms with Crippen LogP contribution >= 0.6 is 0 Å². The standard InChI is InChI=1S/C13H15NO6/c1-9(15)11-8-10(14(17)18)5-6-12(11)20-7-3-4-13(16)19-2/h5-6,8H,3-4,7H2,1-2H3. The first-order valence-corrected chi connectivity index (χ1v) is 5.94. The second kappa shape index (κ2) is 7.22. The van der Waals surface area contributed by atoms with Crippen molar-refractivity contribution in [1.29, 1.82) is 0 Å². The monoisotopic (exact) mass is 281 g/mol. The van der Waals surface area contributed by atoms with E-state index in [1.165, 1.54) is 32.2 Å². The molecule has 0 N–H and O–H groups in total. The van der Waals surface area contributed by atoms with Crippen molar-refractivity contribution in [2.24, 2.45) is 0 Å². The van der Waals surface area contributed by atoms with Crippen LogP contribution in [0.2, 0.25) is 0 Å². The summed E-state index contributed by atoms with van der Waals surface area (Å²) < 4.78 is 9.86. The predicted octanol–water partition coefficient (Wildman–Crippen LogP) is 2.13. The van der Waals surface area contributed by atoms with Gasteiger partial charge in [-0.15, -0.1) is 0 Å². The lowest BCUT2D eigenvalue weighted by Crippen LogP contribution is -2.07. The summed E-state index contributed by atoms with van der Waals surface area (Å²) >= 11 is 0. The van der Waals surface area contributed by atoms with Crippen LogP contribution in [0.5, 0.6) is 5.75 Å². The van der Waals surface area contributed by atoms with Crippen molar-refractivity contribution in [2.75, 3.05) is 13.7 Å². The molecular formula is C13H15NO6. The molecule has 1 aromatic carbocycles. The van der Waals surface area contributed by atoms with E-state index in [1.807, 2.05) is 0 Å². The molecule has 7 nitrogen and oxygen atoms in total. The van der Waals surface area contributed by atoms with Crippen LogP contribution in [0.1, 0.15) is 30.1 Å². The fourth-order valence-corrected chi connectivity index (χ4v) is 1.53. The van der Waals surface area contributed by atoms with E-state index in [-0.39, 0.29) is 41.8 Å². The van der Waals surface area contributed by atoms with E-state index in [0.29, 0.717) is 6.42 Å². The number of Topliss-reactive ketones (excluding diaryl/α,β-unsaturated/α-hetero) is 1. The van der Waals surface area contributed by atoms with Gasteiger partial charge in [0.15, 0.2) is 5.78 Å². The Labute approximate surface area is 115 Å². The number of esters is 1. The minimum atomic E-state index is -0.576. The summed E-state index contributed by atoms with van der Waals surface area (Å²) in [4.78, 5) is 32.4. The highest BCUT2D eigenvalue weighted by atomic mass is 16.6. The lowest BCUT2D eigenvalue weighted by molar-refractivity contribution is -0.384. The molecular weight excluding hydrogens is 266 g/mol. The second-order valence-electron chi connectivity index (χ2n) is 4.02. The van der Waals surface area contributed by atoms with Gasteiger partial charge in [-0.25, -0.2) is 0 Å². The molecule has 0 bridgehead atoms. The Hall–Kier alpha value is -2.44. The molecule has 0 atom stereocenters. The number of hydrogen-bond donors (Lipinski definition) is 0. The number of nitro groups is 1. The zero-order chi connectivity index (χ0) is 15.1. The maximum atomic E-state index is 11.5. The van der Waals surface area contributed by atoms with E-state index >= 15 is 0 Å². The highest BCUT2D eigenvalue weighted by Crippen LogP contribution is 2.24. The number of carbonyl (C=O) groups is 2. The van der Waals surface area contributed by atoms with Gasteiger partial charge < -0.3 is 9.47 Å². The normalized spacial score (nSPS) is 9.90. The number of ether oxygens (including phenoxy) is 2. The van der Waals surface area contributed by atoms with Gasteiger partial charge in [0.1, 0.15) is 5.75 Å². The number of methoxy groups -OCH3 is 1. The maximum Gasteiger partial charge on any atom is 0.305 e. The summed E-state index contributed by atoms with van der Waals surface area (Å²) in [5, 5.41) is 10.7. The van der Waals surface area contributed by atoms with Crippen molar-refractivity contribution in [3.63, 3.8) is 0 Å². The minimum absolute atomic E-state index is 0.150. The Morgan fingerprint density at radius 3 is 2.60 bits per heavy atom. The van der Waals surface area contributed by atoms with E-state index < -0.39 is 4.92 Å². The summed E-state index contributed by atoms with van der Waals surface area (Å²) in [6.45, 7) is 1.52. The summed E-state index contributed by atoms with van der Waals surface area (Å²) in [6, 6.07) is 3.83. The average molecular weight is 281 g/mol. The van der Waals surface area contributed by atoms with Crippen LogP contribution in [0, 0.1) is 10.1 Å². The van der Waals surface area contributed by atoms with Crippen LogP contribution in [0.25, 0.3) is 0 Å². The summed E-state index contributed by atoms with van der Waals surface area (Å²) in [5.41, 5.74) is -0.0191. The quantitative estimate of drug-likeness (QED) is 0.250. The van der Waals surface area contributed by atoms with Gasteiger partial charge in [0.2, 0.25) is 0 Å². The number of non-ortho nitro benzene ring substituents is 1. The first kappa shape index (κ1) is 15.6. The molecule has 0 aliphatic carbocycles. The Morgan fingerprint density at radius 2 is 2.05 bits per heavy atom. The van der Waals surface area contributed by atoms with Crippen LogP contribution in [0.4, 0.5) is 5.69 Å². The Kier molecular flexibility index (Phi) is 5.64. The fraction of sp³-hybridized carbons (Fsp3) is 0.385. The zero-order valence-electron chi connectivity index (χ0n) is 11.3. The van der Waals surface area contributed by atoms with Crippen molar-refractivity contribution in [3.8, 4) is 5.75 Å². The largest absolute Gasteiger partial charge is 0.493 e. The molecule has 0 saturated carbocycles. The average Bonchev–Trinajstić information content (AvgIpc) is 2.42. The number of rotatable bonds is 7. The number of nitrogens with zero attached hydrogens (tertiary/aromatic N) is 1. The first-order valence-electron chi connectivity index (χ1n) is 5.94. The molecule has 0 heterocycles. The highest BCUT2D eigenvalue weighted by Gasteiger charge is 2.15. The molecule has 108 valence electrons. The van der Waals surface area contributed by atoms with Gasteiger partial charge in [-0.1, -0.05) is 0 Å². The molecule has 0 amide bonds. The number of benzene rings is 1. The Bertz CT molecular complexity index is 526. The van der Waals surface area contributed by atoms with E-state index in [0.717, 1.165) is 0 Å². The molecule has 1 aromatic rings. The second-order valence-corrected chi connectivity index (χ2v) is 4.02. The van der Waals surface area contributed by atoms with E-state index in [1.54, 1.807) is 0 Å². The smallest absolute Gasteiger partial charge is 0.305 e. The van der Waals surface area contributed by atoms with Gasteiger partial charge in [0.25, 0.3) is 5.69 Å². The zero-order valence-corrected chi connectivity index (χ0v) is 11.3. The van der Waals surface area contributed by atoms with Crippen molar-refractivity contribution < 1.29 is 24.0 Å². The van der Waals surface area contributed by atoms with Gasteiger partial charge in [0, 0.05) is 18.6 Å². The molecule has 7 heteroatoms. The molecule has 0 unspecified atom stereocenters. The maximum absolute atomic E-state index is 11.5. The molecule has 0 aromatic heterocycles. The molecule has 0 fully saturated rings. The van der Waals surface area contributed by atoms with E-state index in [2.05, 4.69) is 4.74 Å². The van der Waals surface area contributed by atoms with Gasteiger partial charge in [-0.05, 0) is 19.4 Å². The van der Waals surface area contributed by atoms with Crippen molar-refractivity contribution in [1.82, 2.24) is 0 Å². The molecule has 0 spiro atoms. The van der Waals surface area contributed by atoms with E-state index in [9.17, 15) is 19.7 Å². The molecule has 0 radical (unpaired) electrons. The first-order chi connectivity index (χ1) is 9.45. The van der Waals surface area contributed by atoms with Gasteiger partial charge >= 0.3 is 5.97 Å². The third-order valence-corrected chi connectivity index (χ3v) is 2.56. The highest BCUT2D eigenvalue weighted by molar-refractivity contribution is 5.97. The number of carbonyl (C=O) groups excluding carboxylic acids is 2. The Balaban J connectivity index is 2.72. The molecule has 0 aliphatic rings. The molecule has 0 aliphatic heterocycles. The summed E-state index contributed by atoms with van der Waals surface area (Å²) in [7, 11) is 1.30. The SMILES string of the molecule is COC(=O)CCCOc1ccc([N+](=O)[O-])cc1C(C)=O. The molecule has 0 saturated heterocycles. The van der Waals surface area contributed by atoms with Gasteiger partial charge in [-0.2, -0.15) is 0 Å². The minimum Gasteiger partial charge on any atom is -0.493 e. The third-order valence-electron chi connectivity index (χ3n) is 2.56. The number of ketones is 1. The van der Waals surface area contributed by atoms with Gasteiger partial charge in [-0.3, -0.25) is 19.7 Å². The summed E-state index contributed by atoms with van der Waals surface area (Å²) in [5.74, 6) is -0.395. The van der Waals surface area contributed by atoms with Crippen molar-refractivity contribution >= 4 is 17.4 Å². The third kappa shape index (κ3) is 4.34.